The Labute approximate surface area is 110 Å². The van der Waals surface area contributed by atoms with E-state index in [1.807, 2.05) is 0 Å². The minimum atomic E-state index is -0.578. The van der Waals surface area contributed by atoms with Crippen LogP contribution in [-0.2, 0) is 0 Å². The Bertz CT molecular complexity index is 607. The minimum absolute atomic E-state index is 0.0406. The zero-order valence-electron chi connectivity index (χ0n) is 8.84. The van der Waals surface area contributed by atoms with Gasteiger partial charge in [0.1, 0.15) is 0 Å². The van der Waals surface area contributed by atoms with E-state index in [1.54, 1.807) is 0 Å². The molecule has 5 nitrogen and oxygen atoms in total. The van der Waals surface area contributed by atoms with Gasteiger partial charge in [0.25, 0.3) is 5.69 Å². The average Bonchev–Trinajstić information content (AvgIpc) is 2.34. The van der Waals surface area contributed by atoms with Crippen molar-refractivity contribution in [3.05, 3.63) is 56.9 Å². The van der Waals surface area contributed by atoms with Gasteiger partial charge in [0.2, 0.25) is 5.88 Å². The lowest BCUT2D eigenvalue weighted by Gasteiger charge is -2.05. The molecule has 92 valence electrons. The van der Waals surface area contributed by atoms with E-state index in [9.17, 15) is 14.5 Å². The number of rotatable bonds is 3. The second-order valence-electron chi connectivity index (χ2n) is 3.29. The zero-order chi connectivity index (χ0) is 13.1. The minimum Gasteiger partial charge on any atom is -0.436 e. The zero-order valence-corrected chi connectivity index (χ0v) is 10.4. The molecule has 0 N–H and O–H groups in total. The van der Waals surface area contributed by atoms with Crippen molar-refractivity contribution in [1.29, 1.82) is 0 Å². The highest BCUT2D eigenvalue weighted by Gasteiger charge is 2.10. The van der Waals surface area contributed by atoms with Gasteiger partial charge in [-0.1, -0.05) is 15.9 Å². The van der Waals surface area contributed by atoms with Crippen molar-refractivity contribution < 1.29 is 14.1 Å². The third-order valence-electron chi connectivity index (χ3n) is 2.04. The topological polar surface area (TPSA) is 65.3 Å². The van der Waals surface area contributed by atoms with Gasteiger partial charge in [-0.2, -0.15) is 0 Å². The fraction of sp³-hybridized carbons (Fsp3) is 0. The fourth-order valence-electron chi connectivity index (χ4n) is 1.24. The number of nitrogens with zero attached hydrogens (tertiary/aromatic N) is 2. The number of pyridine rings is 1. The Kier molecular flexibility index (Phi) is 3.52. The van der Waals surface area contributed by atoms with Crippen LogP contribution in [0.25, 0.3) is 0 Å². The normalized spacial score (nSPS) is 10.1. The van der Waals surface area contributed by atoms with Gasteiger partial charge in [0.15, 0.2) is 11.6 Å². The van der Waals surface area contributed by atoms with Gasteiger partial charge in [0.05, 0.1) is 11.0 Å². The predicted molar refractivity (Wildman–Crippen MR) is 65.1 cm³/mol. The van der Waals surface area contributed by atoms with Crippen LogP contribution >= 0.6 is 15.9 Å². The molecule has 0 amide bonds. The molecule has 0 fully saturated rings. The summed E-state index contributed by atoms with van der Waals surface area (Å²) < 4.78 is 19.2. The van der Waals surface area contributed by atoms with Crippen LogP contribution in [0.5, 0.6) is 11.6 Å². The molecule has 0 unspecified atom stereocenters. The molecule has 0 aliphatic heterocycles. The van der Waals surface area contributed by atoms with Crippen LogP contribution in [-0.4, -0.2) is 9.91 Å². The van der Waals surface area contributed by atoms with E-state index < -0.39 is 10.7 Å². The summed E-state index contributed by atoms with van der Waals surface area (Å²) in [6, 6.07) is 6.50. The summed E-state index contributed by atoms with van der Waals surface area (Å²) in [6.07, 6.45) is 1.23. The number of ether oxygens (including phenoxy) is 1. The summed E-state index contributed by atoms with van der Waals surface area (Å²) in [7, 11) is 0. The molecule has 0 aliphatic carbocycles. The molecule has 0 spiro atoms. The Hall–Kier alpha value is -2.02. The molecule has 18 heavy (non-hydrogen) atoms. The SMILES string of the molecule is O=[N+]([O-])c1ccnc(Oc2cc(Br)ccc2F)c1. The van der Waals surface area contributed by atoms with Crippen LogP contribution in [0.3, 0.4) is 0 Å². The standard InChI is InChI=1S/C11H6BrFN2O3/c12-7-1-2-9(13)10(5-7)18-11-6-8(15(16)17)3-4-14-11/h1-6H. The van der Waals surface area contributed by atoms with Crippen molar-refractivity contribution in [2.24, 2.45) is 0 Å². The highest BCUT2D eigenvalue weighted by atomic mass is 79.9. The number of benzene rings is 1. The monoisotopic (exact) mass is 312 g/mol. The lowest BCUT2D eigenvalue weighted by Crippen LogP contribution is -1.93. The third kappa shape index (κ3) is 2.80. The second kappa shape index (κ2) is 5.09. The lowest BCUT2D eigenvalue weighted by molar-refractivity contribution is -0.385. The molecule has 0 saturated carbocycles. The van der Waals surface area contributed by atoms with Crippen molar-refractivity contribution in [2.45, 2.75) is 0 Å². The maximum absolute atomic E-state index is 13.4. The molecule has 1 aromatic carbocycles. The average molecular weight is 313 g/mol. The van der Waals surface area contributed by atoms with Gasteiger partial charge in [0, 0.05) is 16.7 Å². The Morgan fingerprint density at radius 3 is 2.83 bits per heavy atom. The molecule has 0 radical (unpaired) electrons. The Morgan fingerprint density at radius 2 is 2.11 bits per heavy atom. The van der Waals surface area contributed by atoms with E-state index >= 15 is 0 Å². The molecular weight excluding hydrogens is 307 g/mol. The third-order valence-corrected chi connectivity index (χ3v) is 2.53. The van der Waals surface area contributed by atoms with E-state index in [4.69, 9.17) is 4.74 Å². The molecule has 1 heterocycles. The second-order valence-corrected chi connectivity index (χ2v) is 4.20. The predicted octanol–water partition coefficient (Wildman–Crippen LogP) is 3.68. The molecule has 7 heteroatoms. The van der Waals surface area contributed by atoms with Crippen molar-refractivity contribution in [2.75, 3.05) is 0 Å². The van der Waals surface area contributed by atoms with Gasteiger partial charge in [-0.3, -0.25) is 10.1 Å². The first-order valence-electron chi connectivity index (χ1n) is 4.79. The van der Waals surface area contributed by atoms with Gasteiger partial charge in [-0.15, -0.1) is 0 Å². The molecule has 2 rings (SSSR count). The number of halogens is 2. The van der Waals surface area contributed by atoms with Crippen LogP contribution in [0.2, 0.25) is 0 Å². The lowest BCUT2D eigenvalue weighted by atomic mass is 10.3. The van der Waals surface area contributed by atoms with E-state index in [0.29, 0.717) is 4.47 Å². The largest absolute Gasteiger partial charge is 0.436 e. The summed E-state index contributed by atoms with van der Waals surface area (Å²) in [4.78, 5) is 13.8. The molecule has 0 bridgehead atoms. The summed E-state index contributed by atoms with van der Waals surface area (Å²) in [5, 5.41) is 10.6. The summed E-state index contributed by atoms with van der Waals surface area (Å²) >= 11 is 3.17. The van der Waals surface area contributed by atoms with E-state index in [-0.39, 0.29) is 17.3 Å². The Balaban J connectivity index is 2.31. The fourth-order valence-corrected chi connectivity index (χ4v) is 1.58. The molecule has 2 aromatic rings. The van der Waals surface area contributed by atoms with Gasteiger partial charge in [-0.25, -0.2) is 9.37 Å². The first-order valence-corrected chi connectivity index (χ1v) is 5.59. The highest BCUT2D eigenvalue weighted by molar-refractivity contribution is 9.10. The van der Waals surface area contributed by atoms with Crippen LogP contribution < -0.4 is 4.74 Å². The molecule has 0 atom stereocenters. The van der Waals surface area contributed by atoms with Gasteiger partial charge in [-0.05, 0) is 18.2 Å². The number of hydrogen-bond donors (Lipinski definition) is 0. The number of nitro groups is 1. The van der Waals surface area contributed by atoms with Crippen LogP contribution in [0.4, 0.5) is 10.1 Å². The summed E-state index contributed by atoms with van der Waals surface area (Å²) in [6.45, 7) is 0. The van der Waals surface area contributed by atoms with E-state index in [1.165, 1.54) is 30.5 Å². The highest BCUT2D eigenvalue weighted by Crippen LogP contribution is 2.27. The number of hydrogen-bond acceptors (Lipinski definition) is 4. The molecule has 0 aliphatic rings. The number of aromatic nitrogens is 1. The van der Waals surface area contributed by atoms with E-state index in [0.717, 1.165) is 6.07 Å². The maximum atomic E-state index is 13.4. The first kappa shape index (κ1) is 12.4. The van der Waals surface area contributed by atoms with Gasteiger partial charge >= 0.3 is 0 Å². The van der Waals surface area contributed by atoms with Crippen LogP contribution in [0, 0.1) is 15.9 Å². The van der Waals surface area contributed by atoms with Crippen molar-refractivity contribution in [3.8, 4) is 11.6 Å². The Morgan fingerprint density at radius 1 is 1.33 bits per heavy atom. The van der Waals surface area contributed by atoms with Crippen molar-refractivity contribution in [1.82, 2.24) is 4.98 Å². The summed E-state index contributed by atoms with van der Waals surface area (Å²) in [5.74, 6) is -0.676. The molecule has 1 aromatic heterocycles. The molecule has 0 saturated heterocycles. The van der Waals surface area contributed by atoms with Crippen LogP contribution in [0.15, 0.2) is 41.0 Å². The quantitative estimate of drug-likeness (QED) is 0.640. The summed E-state index contributed by atoms with van der Waals surface area (Å²) in [5.41, 5.74) is -0.171. The molecular formula is C11H6BrFN2O3. The van der Waals surface area contributed by atoms with Crippen molar-refractivity contribution >= 4 is 21.6 Å². The van der Waals surface area contributed by atoms with Crippen LogP contribution in [0.1, 0.15) is 0 Å². The van der Waals surface area contributed by atoms with Crippen molar-refractivity contribution in [3.63, 3.8) is 0 Å². The van der Waals surface area contributed by atoms with E-state index in [2.05, 4.69) is 20.9 Å². The first-order chi connectivity index (χ1) is 8.56. The van der Waals surface area contributed by atoms with Gasteiger partial charge < -0.3 is 4.74 Å². The smallest absolute Gasteiger partial charge is 0.276 e. The maximum Gasteiger partial charge on any atom is 0.276 e.